The van der Waals surface area contributed by atoms with Crippen molar-refractivity contribution in [1.82, 2.24) is 4.31 Å². The van der Waals surface area contributed by atoms with Gasteiger partial charge >= 0.3 is 0 Å². The molecule has 2 rings (SSSR count). The Morgan fingerprint density at radius 1 is 1.06 bits per heavy atom. The normalized spacial score (nSPS) is 33.2. The van der Waals surface area contributed by atoms with Crippen molar-refractivity contribution in [2.75, 3.05) is 13.1 Å². The van der Waals surface area contributed by atoms with Crippen molar-refractivity contribution in [3.63, 3.8) is 0 Å². The van der Waals surface area contributed by atoms with Crippen molar-refractivity contribution in [3.05, 3.63) is 0 Å². The maximum absolute atomic E-state index is 12.5. The zero-order valence-corrected chi connectivity index (χ0v) is 12.1. The predicted octanol–water partition coefficient (Wildman–Crippen LogP) is 1.89. The molecule has 4 nitrogen and oxygen atoms in total. The lowest BCUT2D eigenvalue weighted by molar-refractivity contribution is 0.0465. The fourth-order valence-corrected chi connectivity index (χ4v) is 5.15. The first-order chi connectivity index (χ1) is 8.42. The van der Waals surface area contributed by atoms with Crippen LogP contribution in [0.15, 0.2) is 0 Å². The summed E-state index contributed by atoms with van der Waals surface area (Å²) in [5.74, 6) is 0. The molecular weight excluding hydrogens is 250 g/mol. The van der Waals surface area contributed by atoms with Crippen molar-refractivity contribution in [2.45, 2.75) is 69.1 Å². The fourth-order valence-electron chi connectivity index (χ4n) is 3.07. The third-order valence-electron chi connectivity index (χ3n) is 4.36. The highest BCUT2D eigenvalue weighted by Gasteiger charge is 2.35. The smallest absolute Gasteiger partial charge is 0.216 e. The quantitative estimate of drug-likeness (QED) is 0.837. The van der Waals surface area contributed by atoms with Gasteiger partial charge in [0.1, 0.15) is 0 Å². The second-order valence-electron chi connectivity index (χ2n) is 6.05. The van der Waals surface area contributed by atoms with Crippen LogP contribution in [0.4, 0.5) is 0 Å². The van der Waals surface area contributed by atoms with Gasteiger partial charge in [0.05, 0.1) is 10.9 Å². The molecule has 1 saturated carbocycles. The van der Waals surface area contributed by atoms with E-state index >= 15 is 0 Å². The molecule has 1 saturated heterocycles. The van der Waals surface area contributed by atoms with Gasteiger partial charge in [-0.05, 0) is 39.0 Å². The first-order valence-corrected chi connectivity index (χ1v) is 8.63. The summed E-state index contributed by atoms with van der Waals surface area (Å²) in [5, 5.41) is 9.85. The van der Waals surface area contributed by atoms with E-state index in [0.29, 0.717) is 25.9 Å². The average molecular weight is 275 g/mol. The highest BCUT2D eigenvalue weighted by Crippen LogP contribution is 2.29. The van der Waals surface area contributed by atoms with Gasteiger partial charge in [-0.2, -0.15) is 0 Å². The van der Waals surface area contributed by atoms with Crippen molar-refractivity contribution in [3.8, 4) is 0 Å². The summed E-state index contributed by atoms with van der Waals surface area (Å²) in [4.78, 5) is 0. The van der Waals surface area contributed by atoms with E-state index in [1.807, 2.05) is 6.92 Å². The Morgan fingerprint density at radius 3 is 2.39 bits per heavy atom. The minimum atomic E-state index is -3.14. The number of rotatable bonds is 2. The van der Waals surface area contributed by atoms with Gasteiger partial charge < -0.3 is 5.11 Å². The molecule has 0 aromatic rings. The van der Waals surface area contributed by atoms with Crippen LogP contribution in [0.25, 0.3) is 0 Å². The summed E-state index contributed by atoms with van der Waals surface area (Å²) in [5.41, 5.74) is -0.698. The SMILES string of the molecule is CC1(O)CCCN(S(=O)(=O)C2CCCCC2)CC1. The molecule has 0 aromatic carbocycles. The van der Waals surface area contributed by atoms with Gasteiger partial charge in [0.15, 0.2) is 0 Å². The molecule has 0 radical (unpaired) electrons. The lowest BCUT2D eigenvalue weighted by atomic mass is 9.98. The van der Waals surface area contributed by atoms with Crippen LogP contribution in [-0.4, -0.2) is 41.8 Å². The second kappa shape index (κ2) is 5.47. The van der Waals surface area contributed by atoms with Crippen LogP contribution in [0, 0.1) is 0 Å². The largest absolute Gasteiger partial charge is 0.390 e. The van der Waals surface area contributed by atoms with E-state index < -0.39 is 15.6 Å². The molecule has 1 unspecified atom stereocenters. The Morgan fingerprint density at radius 2 is 1.72 bits per heavy atom. The Kier molecular flexibility index (Phi) is 4.34. The van der Waals surface area contributed by atoms with Crippen LogP contribution in [0.3, 0.4) is 0 Å². The molecule has 1 N–H and O–H groups in total. The van der Waals surface area contributed by atoms with Gasteiger partial charge in [0.2, 0.25) is 10.0 Å². The van der Waals surface area contributed by atoms with Gasteiger partial charge in [0.25, 0.3) is 0 Å². The number of hydrogen-bond donors (Lipinski definition) is 1. The van der Waals surface area contributed by atoms with E-state index in [1.165, 1.54) is 6.42 Å². The number of hydrogen-bond acceptors (Lipinski definition) is 3. The summed E-state index contributed by atoms with van der Waals surface area (Å²) in [6.07, 6.45) is 6.89. The van der Waals surface area contributed by atoms with E-state index in [9.17, 15) is 13.5 Å². The fraction of sp³-hybridized carbons (Fsp3) is 1.00. The molecule has 106 valence electrons. The van der Waals surface area contributed by atoms with Gasteiger partial charge in [0, 0.05) is 13.1 Å². The Balaban J connectivity index is 2.05. The molecule has 2 aliphatic rings. The molecule has 1 heterocycles. The molecule has 0 amide bonds. The topological polar surface area (TPSA) is 57.6 Å². The highest BCUT2D eigenvalue weighted by atomic mass is 32.2. The van der Waals surface area contributed by atoms with Gasteiger partial charge in [-0.25, -0.2) is 12.7 Å². The summed E-state index contributed by atoms with van der Waals surface area (Å²) >= 11 is 0. The summed E-state index contributed by atoms with van der Waals surface area (Å²) in [6.45, 7) is 2.87. The third-order valence-corrected chi connectivity index (χ3v) is 6.75. The molecule has 1 atom stereocenters. The van der Waals surface area contributed by atoms with Gasteiger partial charge in [-0.1, -0.05) is 19.3 Å². The van der Waals surface area contributed by atoms with Crippen LogP contribution < -0.4 is 0 Å². The van der Waals surface area contributed by atoms with E-state index in [4.69, 9.17) is 0 Å². The zero-order valence-electron chi connectivity index (χ0n) is 11.3. The molecule has 0 bridgehead atoms. The molecule has 2 fully saturated rings. The molecule has 5 heteroatoms. The van der Waals surface area contributed by atoms with Crippen LogP contribution in [0.5, 0.6) is 0 Å². The highest BCUT2D eigenvalue weighted by molar-refractivity contribution is 7.89. The first kappa shape index (κ1) is 14.3. The Bertz CT molecular complexity index is 372. The van der Waals surface area contributed by atoms with Crippen LogP contribution in [0.2, 0.25) is 0 Å². The van der Waals surface area contributed by atoms with E-state index in [2.05, 4.69) is 0 Å². The van der Waals surface area contributed by atoms with Crippen LogP contribution in [-0.2, 0) is 10.0 Å². The molecule has 18 heavy (non-hydrogen) atoms. The zero-order chi connectivity index (χ0) is 13.2. The average Bonchev–Trinajstić information content (AvgIpc) is 2.52. The van der Waals surface area contributed by atoms with Crippen molar-refractivity contribution < 1.29 is 13.5 Å². The standard InChI is InChI=1S/C13H25NO3S/c1-13(15)8-5-10-14(11-9-13)18(16,17)12-6-3-2-4-7-12/h12,15H,2-11H2,1H3. The first-order valence-electron chi connectivity index (χ1n) is 7.13. The van der Waals surface area contributed by atoms with E-state index in [-0.39, 0.29) is 5.25 Å². The number of aliphatic hydroxyl groups is 1. The monoisotopic (exact) mass is 275 g/mol. The van der Waals surface area contributed by atoms with Crippen molar-refractivity contribution in [2.24, 2.45) is 0 Å². The molecular formula is C13H25NO3S. The summed E-state index contributed by atoms with van der Waals surface area (Å²) in [6, 6.07) is 0. The third kappa shape index (κ3) is 3.25. The molecule has 0 aromatic heterocycles. The predicted molar refractivity (Wildman–Crippen MR) is 71.8 cm³/mol. The van der Waals surface area contributed by atoms with E-state index in [1.54, 1.807) is 4.31 Å². The second-order valence-corrected chi connectivity index (χ2v) is 8.27. The lowest BCUT2D eigenvalue weighted by Gasteiger charge is -2.29. The summed E-state index contributed by atoms with van der Waals surface area (Å²) in [7, 11) is -3.14. The lowest BCUT2D eigenvalue weighted by Crippen LogP contribution is -2.40. The number of nitrogens with zero attached hydrogens (tertiary/aromatic N) is 1. The Hall–Kier alpha value is -0.130. The minimum absolute atomic E-state index is 0.172. The molecule has 1 aliphatic heterocycles. The maximum atomic E-state index is 12.5. The van der Waals surface area contributed by atoms with Gasteiger partial charge in [-0.15, -0.1) is 0 Å². The maximum Gasteiger partial charge on any atom is 0.216 e. The van der Waals surface area contributed by atoms with Crippen molar-refractivity contribution in [1.29, 1.82) is 0 Å². The van der Waals surface area contributed by atoms with Crippen LogP contribution >= 0.6 is 0 Å². The van der Waals surface area contributed by atoms with Crippen LogP contribution in [0.1, 0.15) is 58.3 Å². The molecule has 0 spiro atoms. The molecule has 1 aliphatic carbocycles. The minimum Gasteiger partial charge on any atom is -0.390 e. The van der Waals surface area contributed by atoms with E-state index in [0.717, 1.165) is 32.1 Å². The van der Waals surface area contributed by atoms with Gasteiger partial charge in [-0.3, -0.25) is 0 Å². The Labute approximate surface area is 110 Å². The summed E-state index contributed by atoms with van der Waals surface area (Å²) < 4.78 is 26.7. The van der Waals surface area contributed by atoms with Crippen molar-refractivity contribution >= 4 is 10.0 Å². The number of sulfonamides is 1.